The molecular formula is C17H17NO4S. The van der Waals surface area contributed by atoms with Crippen LogP contribution in [0.5, 0.6) is 5.75 Å². The van der Waals surface area contributed by atoms with Crippen LogP contribution in [0.3, 0.4) is 0 Å². The first kappa shape index (κ1) is 15.6. The van der Waals surface area contributed by atoms with Crippen molar-refractivity contribution in [1.82, 2.24) is 4.31 Å². The van der Waals surface area contributed by atoms with Gasteiger partial charge in [0.15, 0.2) is 0 Å². The molecular weight excluding hydrogens is 314 g/mol. The normalized spacial score (nSPS) is 15.5. The maximum absolute atomic E-state index is 12.4. The number of amides is 1. The SMILES string of the molecule is O=C1c2ccccc2S(=O)(=O)N1CCCCOc1ccccc1. The molecule has 0 bridgehead atoms. The Morgan fingerprint density at radius 1 is 0.913 bits per heavy atom. The quantitative estimate of drug-likeness (QED) is 0.764. The molecule has 23 heavy (non-hydrogen) atoms. The molecule has 120 valence electrons. The van der Waals surface area contributed by atoms with Gasteiger partial charge in [0, 0.05) is 6.54 Å². The molecule has 0 saturated heterocycles. The number of benzene rings is 2. The lowest BCUT2D eigenvalue weighted by molar-refractivity contribution is 0.0868. The number of para-hydroxylation sites is 1. The fourth-order valence-corrected chi connectivity index (χ4v) is 4.12. The molecule has 0 fully saturated rings. The number of unbranched alkanes of at least 4 members (excludes halogenated alkanes) is 1. The van der Waals surface area contributed by atoms with E-state index >= 15 is 0 Å². The maximum atomic E-state index is 12.4. The Balaban J connectivity index is 1.54. The smallest absolute Gasteiger partial charge is 0.269 e. The second-order valence-corrected chi connectivity index (χ2v) is 7.08. The van der Waals surface area contributed by atoms with Gasteiger partial charge in [-0.2, -0.15) is 0 Å². The lowest BCUT2D eigenvalue weighted by atomic mass is 10.2. The minimum absolute atomic E-state index is 0.102. The van der Waals surface area contributed by atoms with Gasteiger partial charge < -0.3 is 4.74 Å². The molecule has 6 heteroatoms. The Kier molecular flexibility index (Phi) is 4.34. The second-order valence-electron chi connectivity index (χ2n) is 5.25. The third-order valence-corrected chi connectivity index (χ3v) is 5.52. The molecule has 2 aromatic carbocycles. The molecule has 0 aliphatic carbocycles. The first-order chi connectivity index (χ1) is 11.1. The van der Waals surface area contributed by atoms with Crippen LogP contribution in [0.15, 0.2) is 59.5 Å². The highest BCUT2D eigenvalue weighted by Crippen LogP contribution is 2.29. The van der Waals surface area contributed by atoms with Crippen LogP contribution in [-0.2, 0) is 10.0 Å². The average molecular weight is 331 g/mol. The summed E-state index contributed by atoms with van der Waals surface area (Å²) in [5.41, 5.74) is 0.257. The Morgan fingerprint density at radius 3 is 2.35 bits per heavy atom. The van der Waals surface area contributed by atoms with Crippen molar-refractivity contribution >= 4 is 15.9 Å². The van der Waals surface area contributed by atoms with E-state index in [0.717, 1.165) is 10.1 Å². The number of nitrogens with zero attached hydrogens (tertiary/aromatic N) is 1. The van der Waals surface area contributed by atoms with Gasteiger partial charge in [-0.3, -0.25) is 4.79 Å². The summed E-state index contributed by atoms with van der Waals surface area (Å²) in [6.07, 6.45) is 1.23. The van der Waals surface area contributed by atoms with Gasteiger partial charge in [0.1, 0.15) is 10.6 Å². The largest absolute Gasteiger partial charge is 0.494 e. The molecule has 0 aromatic heterocycles. The van der Waals surface area contributed by atoms with Gasteiger partial charge in [-0.15, -0.1) is 0 Å². The van der Waals surface area contributed by atoms with Gasteiger partial charge in [-0.05, 0) is 37.1 Å². The summed E-state index contributed by atoms with van der Waals surface area (Å²) in [6, 6.07) is 15.7. The molecule has 0 N–H and O–H groups in total. The average Bonchev–Trinajstić information content (AvgIpc) is 2.76. The number of carbonyl (C=O) groups is 1. The standard InChI is InChI=1S/C17H17NO4S/c19-17-15-10-4-5-11-16(15)23(20,21)18(17)12-6-7-13-22-14-8-2-1-3-9-14/h1-5,8-11H,6-7,12-13H2. The molecule has 5 nitrogen and oxygen atoms in total. The van der Waals surface area contributed by atoms with Crippen LogP contribution < -0.4 is 4.74 Å². The van der Waals surface area contributed by atoms with E-state index in [1.54, 1.807) is 18.2 Å². The predicted molar refractivity (Wildman–Crippen MR) is 85.8 cm³/mol. The van der Waals surface area contributed by atoms with Crippen LogP contribution in [0.25, 0.3) is 0 Å². The molecule has 0 unspecified atom stereocenters. The van der Waals surface area contributed by atoms with Crippen LogP contribution in [0.2, 0.25) is 0 Å². The first-order valence-corrected chi connectivity index (χ1v) is 8.88. The number of hydrogen-bond acceptors (Lipinski definition) is 4. The zero-order valence-corrected chi connectivity index (χ0v) is 13.3. The lowest BCUT2D eigenvalue weighted by Crippen LogP contribution is -2.31. The summed E-state index contributed by atoms with van der Waals surface area (Å²) in [5.74, 6) is 0.342. The summed E-state index contributed by atoms with van der Waals surface area (Å²) in [7, 11) is -3.69. The Morgan fingerprint density at radius 2 is 1.61 bits per heavy atom. The molecule has 1 amide bonds. The van der Waals surface area contributed by atoms with E-state index in [4.69, 9.17) is 4.74 Å². The highest BCUT2D eigenvalue weighted by Gasteiger charge is 2.40. The van der Waals surface area contributed by atoms with Crippen LogP contribution in [0.4, 0.5) is 0 Å². The van der Waals surface area contributed by atoms with Gasteiger partial charge in [0.2, 0.25) is 0 Å². The van der Waals surface area contributed by atoms with Crippen molar-refractivity contribution in [1.29, 1.82) is 0 Å². The first-order valence-electron chi connectivity index (χ1n) is 7.44. The van der Waals surface area contributed by atoms with Crippen LogP contribution in [-0.4, -0.2) is 31.8 Å². The Bertz CT molecular complexity index is 802. The fourth-order valence-electron chi connectivity index (χ4n) is 2.52. The second kappa shape index (κ2) is 6.42. The van der Waals surface area contributed by atoms with Crippen LogP contribution >= 0.6 is 0 Å². The Hall–Kier alpha value is -2.34. The van der Waals surface area contributed by atoms with Gasteiger partial charge in [-0.25, -0.2) is 12.7 Å². The number of carbonyl (C=O) groups excluding carboxylic acids is 1. The minimum atomic E-state index is -3.69. The Labute approximate surface area is 135 Å². The highest BCUT2D eigenvalue weighted by atomic mass is 32.2. The predicted octanol–water partition coefficient (Wildman–Crippen LogP) is 2.69. The van der Waals surface area contributed by atoms with E-state index in [2.05, 4.69) is 0 Å². The van der Waals surface area contributed by atoms with E-state index < -0.39 is 15.9 Å². The van der Waals surface area contributed by atoms with Crippen molar-refractivity contribution in [3.05, 3.63) is 60.2 Å². The van der Waals surface area contributed by atoms with Crippen LogP contribution in [0, 0.1) is 0 Å². The van der Waals surface area contributed by atoms with E-state index in [-0.39, 0.29) is 17.0 Å². The monoisotopic (exact) mass is 331 g/mol. The number of ether oxygens (including phenoxy) is 1. The number of fused-ring (bicyclic) bond motifs is 1. The summed E-state index contributed by atoms with van der Waals surface area (Å²) >= 11 is 0. The highest BCUT2D eigenvalue weighted by molar-refractivity contribution is 7.90. The molecule has 2 aromatic rings. The molecule has 0 atom stereocenters. The van der Waals surface area contributed by atoms with E-state index in [9.17, 15) is 13.2 Å². The van der Waals surface area contributed by atoms with E-state index in [1.807, 2.05) is 30.3 Å². The molecule has 3 rings (SSSR count). The molecule has 0 radical (unpaired) electrons. The summed E-state index contributed by atoms with van der Waals surface area (Å²) in [4.78, 5) is 12.3. The molecule has 1 heterocycles. The van der Waals surface area contributed by atoms with Gasteiger partial charge in [0.25, 0.3) is 15.9 Å². The third kappa shape index (κ3) is 3.07. The van der Waals surface area contributed by atoms with E-state index in [1.165, 1.54) is 6.07 Å². The van der Waals surface area contributed by atoms with Crippen molar-refractivity contribution in [2.45, 2.75) is 17.7 Å². The topological polar surface area (TPSA) is 63.7 Å². The van der Waals surface area contributed by atoms with Crippen molar-refractivity contribution in [2.24, 2.45) is 0 Å². The molecule has 0 spiro atoms. The summed E-state index contributed by atoms with van der Waals surface area (Å²) in [5, 5.41) is 0. The summed E-state index contributed by atoms with van der Waals surface area (Å²) < 4.78 is 31.2. The third-order valence-electron chi connectivity index (χ3n) is 3.68. The van der Waals surface area contributed by atoms with Gasteiger partial charge in [-0.1, -0.05) is 30.3 Å². The van der Waals surface area contributed by atoms with Gasteiger partial charge in [0.05, 0.1) is 12.2 Å². The summed E-state index contributed by atoms with van der Waals surface area (Å²) in [6.45, 7) is 0.660. The van der Waals surface area contributed by atoms with Crippen molar-refractivity contribution in [2.75, 3.05) is 13.2 Å². The van der Waals surface area contributed by atoms with E-state index in [0.29, 0.717) is 19.4 Å². The van der Waals surface area contributed by atoms with Crippen LogP contribution in [0.1, 0.15) is 23.2 Å². The maximum Gasteiger partial charge on any atom is 0.269 e. The molecule has 0 saturated carbocycles. The number of sulfonamides is 1. The fraction of sp³-hybridized carbons (Fsp3) is 0.235. The van der Waals surface area contributed by atoms with Crippen molar-refractivity contribution < 1.29 is 17.9 Å². The van der Waals surface area contributed by atoms with Gasteiger partial charge >= 0.3 is 0 Å². The number of rotatable bonds is 6. The molecule has 1 aliphatic rings. The molecule has 1 aliphatic heterocycles. The van der Waals surface area contributed by atoms with Crippen molar-refractivity contribution in [3.8, 4) is 5.75 Å². The van der Waals surface area contributed by atoms with Crippen molar-refractivity contribution in [3.63, 3.8) is 0 Å². The zero-order valence-electron chi connectivity index (χ0n) is 12.5. The minimum Gasteiger partial charge on any atom is -0.494 e. The zero-order chi connectivity index (χ0) is 16.3. The lowest BCUT2D eigenvalue weighted by Gasteiger charge is -2.15. The number of hydrogen-bond donors (Lipinski definition) is 0.